The number of amides is 1. The van der Waals surface area contributed by atoms with E-state index in [1.807, 2.05) is 25.1 Å². The molecule has 1 fully saturated rings. The van der Waals surface area contributed by atoms with Crippen molar-refractivity contribution in [3.8, 4) is 0 Å². The van der Waals surface area contributed by atoms with Crippen molar-refractivity contribution in [2.75, 3.05) is 24.2 Å². The molecule has 0 saturated carbocycles. The third-order valence-corrected chi connectivity index (χ3v) is 7.83. The summed E-state index contributed by atoms with van der Waals surface area (Å²) >= 11 is 1.32. The second kappa shape index (κ2) is 8.79. The third-order valence-electron chi connectivity index (χ3n) is 5.05. The maximum Gasteiger partial charge on any atom is 0.243 e. The number of imidazole rings is 1. The Morgan fingerprint density at radius 2 is 1.87 bits per heavy atom. The predicted molar refractivity (Wildman–Crippen MR) is 119 cm³/mol. The molecule has 0 spiro atoms. The zero-order valence-electron chi connectivity index (χ0n) is 16.7. The van der Waals surface area contributed by atoms with E-state index in [0.717, 1.165) is 35.9 Å². The molecule has 158 valence electrons. The van der Waals surface area contributed by atoms with E-state index in [2.05, 4.69) is 15.3 Å². The smallest absolute Gasteiger partial charge is 0.243 e. The molecule has 1 aliphatic heterocycles. The number of benzene rings is 2. The molecule has 3 aromatic rings. The quantitative estimate of drug-likeness (QED) is 0.564. The highest BCUT2D eigenvalue weighted by molar-refractivity contribution is 7.99. The van der Waals surface area contributed by atoms with Crippen molar-refractivity contribution in [2.24, 2.45) is 0 Å². The van der Waals surface area contributed by atoms with E-state index < -0.39 is 10.0 Å². The third kappa shape index (κ3) is 4.69. The fraction of sp³-hybridized carbons (Fsp3) is 0.333. The van der Waals surface area contributed by atoms with E-state index in [-0.39, 0.29) is 16.6 Å². The lowest BCUT2D eigenvalue weighted by Crippen LogP contribution is -2.35. The molecule has 30 heavy (non-hydrogen) atoms. The molecular formula is C21H24N4O3S2. The van der Waals surface area contributed by atoms with Gasteiger partial charge in [0.15, 0.2) is 5.16 Å². The summed E-state index contributed by atoms with van der Waals surface area (Å²) in [5, 5.41) is 3.49. The number of anilines is 1. The Bertz CT molecular complexity index is 1150. The summed E-state index contributed by atoms with van der Waals surface area (Å²) in [4.78, 5) is 20.2. The fourth-order valence-corrected chi connectivity index (χ4v) is 5.67. The van der Waals surface area contributed by atoms with E-state index >= 15 is 0 Å². The summed E-state index contributed by atoms with van der Waals surface area (Å²) in [6.07, 6.45) is 2.87. The molecule has 1 aromatic heterocycles. The molecule has 0 unspecified atom stereocenters. The number of rotatable bonds is 6. The topological polar surface area (TPSA) is 95.2 Å². The molecule has 0 aliphatic carbocycles. The van der Waals surface area contributed by atoms with Crippen LogP contribution in [0.3, 0.4) is 0 Å². The minimum absolute atomic E-state index is 0.178. The SMILES string of the molecule is Cc1ccc2nc(SCC(=O)Nc3ccc(S(=O)(=O)N4CCCCC4)cc3)[nH]c2c1. The van der Waals surface area contributed by atoms with E-state index in [1.165, 1.54) is 16.1 Å². The number of aromatic nitrogens is 2. The zero-order valence-corrected chi connectivity index (χ0v) is 18.4. The van der Waals surface area contributed by atoms with Gasteiger partial charge < -0.3 is 10.3 Å². The maximum absolute atomic E-state index is 12.7. The van der Waals surface area contributed by atoms with Crippen molar-refractivity contribution in [3.05, 3.63) is 48.0 Å². The predicted octanol–water partition coefficient (Wildman–Crippen LogP) is 3.78. The summed E-state index contributed by atoms with van der Waals surface area (Å²) in [5.41, 5.74) is 3.53. The van der Waals surface area contributed by atoms with E-state index in [4.69, 9.17) is 0 Å². The van der Waals surface area contributed by atoms with Crippen LogP contribution in [0.15, 0.2) is 52.5 Å². The first-order chi connectivity index (χ1) is 14.4. The molecule has 0 bridgehead atoms. The van der Waals surface area contributed by atoms with Gasteiger partial charge in [-0.2, -0.15) is 4.31 Å². The van der Waals surface area contributed by atoms with E-state index in [1.54, 1.807) is 24.3 Å². The van der Waals surface area contributed by atoms with Gasteiger partial charge >= 0.3 is 0 Å². The molecule has 1 amide bonds. The first-order valence-electron chi connectivity index (χ1n) is 9.91. The first-order valence-corrected chi connectivity index (χ1v) is 12.3. The molecule has 2 aromatic carbocycles. The Morgan fingerprint density at radius 1 is 1.13 bits per heavy atom. The van der Waals surface area contributed by atoms with Crippen LogP contribution in [0.4, 0.5) is 5.69 Å². The molecule has 2 N–H and O–H groups in total. The number of carbonyl (C=O) groups is 1. The minimum atomic E-state index is -3.47. The highest BCUT2D eigenvalue weighted by Crippen LogP contribution is 2.23. The highest BCUT2D eigenvalue weighted by atomic mass is 32.2. The van der Waals surface area contributed by atoms with Crippen LogP contribution < -0.4 is 5.32 Å². The number of carbonyl (C=O) groups excluding carboxylic acids is 1. The lowest BCUT2D eigenvalue weighted by Gasteiger charge is -2.25. The standard InChI is InChI=1S/C21H24N4O3S2/c1-15-5-10-18-19(13-15)24-21(23-18)29-14-20(26)22-16-6-8-17(9-7-16)30(27,28)25-11-3-2-4-12-25/h5-10,13H,2-4,11-12,14H2,1H3,(H,22,26)(H,23,24). The number of hydrogen-bond donors (Lipinski definition) is 2. The fourth-order valence-electron chi connectivity index (χ4n) is 3.46. The van der Waals surface area contributed by atoms with Gasteiger partial charge in [-0.1, -0.05) is 24.2 Å². The summed E-state index contributed by atoms with van der Waals surface area (Å²) in [6.45, 7) is 3.16. The molecule has 4 rings (SSSR count). The monoisotopic (exact) mass is 444 g/mol. The van der Waals surface area contributed by atoms with Crippen LogP contribution in [0.5, 0.6) is 0 Å². The number of H-pyrrole nitrogens is 1. The second-order valence-electron chi connectivity index (χ2n) is 7.39. The molecule has 1 saturated heterocycles. The summed E-state index contributed by atoms with van der Waals surface area (Å²) in [5.74, 6) is 0.0235. The number of piperidine rings is 1. The Kier molecular flexibility index (Phi) is 6.12. The van der Waals surface area contributed by atoms with Gasteiger partial charge in [-0.15, -0.1) is 0 Å². The Labute approximate surface area is 180 Å². The van der Waals surface area contributed by atoms with Crippen LogP contribution in [-0.4, -0.2) is 47.4 Å². The number of fused-ring (bicyclic) bond motifs is 1. The average Bonchev–Trinajstić information content (AvgIpc) is 3.15. The number of sulfonamides is 1. The average molecular weight is 445 g/mol. The van der Waals surface area contributed by atoms with Gasteiger partial charge in [0.1, 0.15) is 0 Å². The van der Waals surface area contributed by atoms with Crippen molar-refractivity contribution in [1.82, 2.24) is 14.3 Å². The van der Waals surface area contributed by atoms with Gasteiger partial charge in [-0.25, -0.2) is 13.4 Å². The first kappa shape index (κ1) is 20.9. The Hall–Kier alpha value is -2.36. The summed E-state index contributed by atoms with van der Waals surface area (Å²) in [6, 6.07) is 12.3. The number of nitrogens with one attached hydrogen (secondary N) is 2. The molecular weight excluding hydrogens is 420 g/mol. The molecule has 7 nitrogen and oxygen atoms in total. The highest BCUT2D eigenvalue weighted by Gasteiger charge is 2.25. The van der Waals surface area contributed by atoms with Crippen LogP contribution in [0.25, 0.3) is 11.0 Å². The minimum Gasteiger partial charge on any atom is -0.333 e. The van der Waals surface area contributed by atoms with Crippen LogP contribution in [-0.2, 0) is 14.8 Å². The van der Waals surface area contributed by atoms with Gasteiger partial charge in [-0.05, 0) is 61.7 Å². The van der Waals surface area contributed by atoms with E-state index in [0.29, 0.717) is 23.9 Å². The maximum atomic E-state index is 12.7. The van der Waals surface area contributed by atoms with Crippen LogP contribution in [0, 0.1) is 6.92 Å². The Morgan fingerprint density at radius 3 is 2.60 bits per heavy atom. The number of thioether (sulfide) groups is 1. The molecule has 9 heteroatoms. The van der Waals surface area contributed by atoms with Crippen molar-refractivity contribution in [2.45, 2.75) is 36.2 Å². The normalized spacial score (nSPS) is 15.4. The lowest BCUT2D eigenvalue weighted by atomic mass is 10.2. The number of hydrogen-bond acceptors (Lipinski definition) is 5. The van der Waals surface area contributed by atoms with Crippen molar-refractivity contribution in [3.63, 3.8) is 0 Å². The number of nitrogens with zero attached hydrogens (tertiary/aromatic N) is 2. The van der Waals surface area contributed by atoms with Crippen molar-refractivity contribution < 1.29 is 13.2 Å². The van der Waals surface area contributed by atoms with Gasteiger partial charge in [0.25, 0.3) is 0 Å². The van der Waals surface area contributed by atoms with Crippen LogP contribution in [0.2, 0.25) is 0 Å². The lowest BCUT2D eigenvalue weighted by molar-refractivity contribution is -0.113. The molecule has 2 heterocycles. The number of aromatic amines is 1. The van der Waals surface area contributed by atoms with Gasteiger partial charge in [0.05, 0.1) is 21.7 Å². The molecule has 0 radical (unpaired) electrons. The van der Waals surface area contributed by atoms with Crippen molar-refractivity contribution in [1.29, 1.82) is 0 Å². The zero-order chi connectivity index (χ0) is 21.1. The van der Waals surface area contributed by atoms with Gasteiger partial charge in [0.2, 0.25) is 15.9 Å². The van der Waals surface area contributed by atoms with Gasteiger partial charge in [0, 0.05) is 18.8 Å². The van der Waals surface area contributed by atoms with Crippen LogP contribution >= 0.6 is 11.8 Å². The Balaban J connectivity index is 1.35. The number of aryl methyl sites for hydroxylation is 1. The summed E-state index contributed by atoms with van der Waals surface area (Å²) in [7, 11) is -3.47. The second-order valence-corrected chi connectivity index (χ2v) is 10.3. The van der Waals surface area contributed by atoms with Gasteiger partial charge in [-0.3, -0.25) is 4.79 Å². The van der Waals surface area contributed by atoms with E-state index in [9.17, 15) is 13.2 Å². The van der Waals surface area contributed by atoms with Crippen LogP contribution in [0.1, 0.15) is 24.8 Å². The molecule has 0 atom stereocenters. The molecule has 1 aliphatic rings. The van der Waals surface area contributed by atoms with Crippen molar-refractivity contribution >= 4 is 44.4 Å². The largest absolute Gasteiger partial charge is 0.333 e. The summed E-state index contributed by atoms with van der Waals surface area (Å²) < 4.78 is 26.9.